The molecule has 0 bridgehead atoms. The Morgan fingerprint density at radius 2 is 1.79 bits per heavy atom. The number of H-pyrrole nitrogens is 1. The molecule has 2 aromatic rings. The van der Waals surface area contributed by atoms with Gasteiger partial charge in [-0.05, 0) is 37.5 Å². The summed E-state index contributed by atoms with van der Waals surface area (Å²) in [6, 6.07) is 10.2. The molecule has 2 saturated heterocycles. The minimum absolute atomic E-state index is 0.0103. The van der Waals surface area contributed by atoms with Crippen LogP contribution in [0.25, 0.3) is 0 Å². The molecular weight excluding hydrogens is 566 g/mol. The van der Waals surface area contributed by atoms with Crippen LogP contribution in [0.2, 0.25) is 5.02 Å². The Morgan fingerprint density at radius 3 is 2.48 bits per heavy atom. The van der Waals surface area contributed by atoms with Gasteiger partial charge in [-0.1, -0.05) is 29.8 Å². The van der Waals surface area contributed by atoms with E-state index in [0.29, 0.717) is 57.9 Å². The number of likely N-dealkylation sites (tertiary alicyclic amines) is 2. The molecule has 0 saturated carbocycles. The Bertz CT molecular complexity index is 1280. The monoisotopic (exact) mass is 603 g/mol. The highest BCUT2D eigenvalue weighted by Gasteiger charge is 2.34. The third-order valence-corrected chi connectivity index (χ3v) is 7.91. The summed E-state index contributed by atoms with van der Waals surface area (Å²) < 4.78 is 15.8. The number of methoxy groups -OCH3 is 2. The molecular formula is C29H38ClN5O7. The molecule has 42 heavy (non-hydrogen) atoms. The zero-order valence-electron chi connectivity index (χ0n) is 23.9. The first kappa shape index (κ1) is 31.5. The third kappa shape index (κ3) is 8.31. The van der Waals surface area contributed by atoms with Crippen molar-refractivity contribution in [2.75, 3.05) is 65.5 Å². The van der Waals surface area contributed by atoms with Gasteiger partial charge in [-0.25, -0.2) is 0 Å². The summed E-state index contributed by atoms with van der Waals surface area (Å²) in [4.78, 5) is 57.4. The number of aromatic amines is 1. The number of nitrogens with zero attached hydrogens (tertiary/aromatic N) is 2. The lowest BCUT2D eigenvalue weighted by Gasteiger charge is -2.39. The fraction of sp³-hybridized carbons (Fsp3) is 0.517. The fourth-order valence-corrected chi connectivity index (χ4v) is 5.41. The van der Waals surface area contributed by atoms with E-state index >= 15 is 0 Å². The standard InChI is InChI=1S/C29H38ClN5O7/c1-40-14-15-42-29(39)19-8-12-35(13-9-19)25(36)18-34-11-10-23(24(17-34)41-2)32-27(37)21-16-22(30)26(33-28(21)38)31-20-6-4-3-5-7-20/h3-7,16,19,23-24H,8-15,17-18H2,1-2H3,(H,32,37)(H2,31,33,38)/t23-,24+/m1/s1. The second-order valence-corrected chi connectivity index (χ2v) is 10.8. The first-order valence-electron chi connectivity index (χ1n) is 14.0. The number of esters is 1. The van der Waals surface area contributed by atoms with Crippen LogP contribution in [0.4, 0.5) is 11.5 Å². The number of carbonyl (C=O) groups excluding carboxylic acids is 3. The number of halogens is 1. The minimum Gasteiger partial charge on any atom is -0.463 e. The minimum atomic E-state index is -0.570. The molecule has 13 heteroatoms. The van der Waals surface area contributed by atoms with Gasteiger partial charge in [0.15, 0.2) is 0 Å². The number of rotatable bonds is 11. The number of para-hydroxylation sites is 1. The maximum Gasteiger partial charge on any atom is 0.309 e. The molecule has 3 heterocycles. The van der Waals surface area contributed by atoms with E-state index < -0.39 is 11.5 Å². The number of nitrogens with one attached hydrogen (secondary N) is 3. The molecule has 12 nitrogen and oxygen atoms in total. The molecule has 0 spiro atoms. The quantitative estimate of drug-likeness (QED) is 0.260. The number of ether oxygens (including phenoxy) is 3. The highest BCUT2D eigenvalue weighted by atomic mass is 35.5. The molecule has 1 aromatic carbocycles. The van der Waals surface area contributed by atoms with Gasteiger partial charge in [0.05, 0.1) is 36.2 Å². The Hall–Kier alpha value is -3.45. The average molecular weight is 604 g/mol. The van der Waals surface area contributed by atoms with Crippen LogP contribution in [0.15, 0.2) is 41.2 Å². The van der Waals surface area contributed by atoms with Gasteiger partial charge >= 0.3 is 5.97 Å². The second-order valence-electron chi connectivity index (χ2n) is 10.4. The highest BCUT2D eigenvalue weighted by molar-refractivity contribution is 6.33. The first-order valence-corrected chi connectivity index (χ1v) is 14.4. The number of anilines is 2. The summed E-state index contributed by atoms with van der Waals surface area (Å²) in [5.74, 6) is -0.714. The van der Waals surface area contributed by atoms with Gasteiger partial charge in [0, 0.05) is 46.1 Å². The van der Waals surface area contributed by atoms with Gasteiger partial charge in [-0.15, -0.1) is 0 Å². The molecule has 4 rings (SSSR count). The fourth-order valence-electron chi connectivity index (χ4n) is 5.20. The molecule has 3 N–H and O–H groups in total. The summed E-state index contributed by atoms with van der Waals surface area (Å²) in [7, 11) is 3.11. The van der Waals surface area contributed by atoms with Crippen LogP contribution in [-0.4, -0.2) is 105 Å². The van der Waals surface area contributed by atoms with Crippen LogP contribution in [-0.2, 0) is 23.8 Å². The Morgan fingerprint density at radius 1 is 1.05 bits per heavy atom. The topological polar surface area (TPSA) is 142 Å². The summed E-state index contributed by atoms with van der Waals surface area (Å²) in [6.07, 6.45) is 1.29. The molecule has 0 aliphatic carbocycles. The molecule has 2 amide bonds. The van der Waals surface area contributed by atoms with Crippen LogP contribution < -0.4 is 16.2 Å². The Balaban J connectivity index is 1.27. The molecule has 1 aromatic heterocycles. The molecule has 0 radical (unpaired) electrons. The molecule has 2 atom stereocenters. The van der Waals surface area contributed by atoms with E-state index in [4.69, 9.17) is 25.8 Å². The Kier molecular flexibility index (Phi) is 11.4. The SMILES string of the molecule is COCCOC(=O)C1CCN(C(=O)CN2CC[C@@H](NC(=O)c3cc(Cl)c(Nc4ccccc4)[nH]c3=O)[C@@H](OC)C2)CC1. The average Bonchev–Trinajstić information content (AvgIpc) is 3.00. The number of aromatic nitrogens is 1. The summed E-state index contributed by atoms with van der Waals surface area (Å²) in [6.45, 7) is 2.81. The van der Waals surface area contributed by atoms with Crippen molar-refractivity contribution < 1.29 is 28.6 Å². The summed E-state index contributed by atoms with van der Waals surface area (Å²) in [5.41, 5.74) is 0.0692. The number of benzene rings is 1. The van der Waals surface area contributed by atoms with Crippen molar-refractivity contribution in [3.8, 4) is 0 Å². The highest BCUT2D eigenvalue weighted by Crippen LogP contribution is 2.23. The van der Waals surface area contributed by atoms with Gasteiger partial charge in [-0.2, -0.15) is 0 Å². The van der Waals surface area contributed by atoms with Gasteiger partial charge in [0.25, 0.3) is 11.5 Å². The Labute approximate surface area is 249 Å². The molecule has 2 aliphatic rings. The number of carbonyl (C=O) groups is 3. The maximum absolute atomic E-state index is 13.1. The predicted octanol–water partition coefficient (Wildman–Crippen LogP) is 2.02. The third-order valence-electron chi connectivity index (χ3n) is 7.61. The largest absolute Gasteiger partial charge is 0.463 e. The van der Waals surface area contributed by atoms with Crippen molar-refractivity contribution >= 4 is 40.9 Å². The van der Waals surface area contributed by atoms with Crippen molar-refractivity contribution in [1.82, 2.24) is 20.1 Å². The van der Waals surface area contributed by atoms with Crippen molar-refractivity contribution in [2.24, 2.45) is 5.92 Å². The van der Waals surface area contributed by atoms with Crippen LogP contribution in [0.3, 0.4) is 0 Å². The van der Waals surface area contributed by atoms with E-state index in [2.05, 4.69) is 15.6 Å². The molecule has 2 fully saturated rings. The summed E-state index contributed by atoms with van der Waals surface area (Å²) >= 11 is 6.37. The van der Waals surface area contributed by atoms with E-state index in [1.165, 1.54) is 6.07 Å². The van der Waals surface area contributed by atoms with Gasteiger partial charge in [-0.3, -0.25) is 24.1 Å². The van der Waals surface area contributed by atoms with Crippen molar-refractivity contribution in [2.45, 2.75) is 31.4 Å². The van der Waals surface area contributed by atoms with Crippen LogP contribution in [0.5, 0.6) is 0 Å². The lowest BCUT2D eigenvalue weighted by molar-refractivity contribution is -0.153. The van der Waals surface area contributed by atoms with E-state index in [1.807, 2.05) is 35.2 Å². The van der Waals surface area contributed by atoms with E-state index in [0.717, 1.165) is 5.69 Å². The van der Waals surface area contributed by atoms with E-state index in [9.17, 15) is 19.2 Å². The zero-order valence-corrected chi connectivity index (χ0v) is 24.7. The molecule has 0 unspecified atom stereocenters. The lowest BCUT2D eigenvalue weighted by Crippen LogP contribution is -2.57. The molecule has 228 valence electrons. The van der Waals surface area contributed by atoms with Crippen molar-refractivity contribution in [3.05, 3.63) is 57.3 Å². The second kappa shape index (κ2) is 15.1. The maximum atomic E-state index is 13.1. The zero-order chi connectivity index (χ0) is 30.1. The van der Waals surface area contributed by atoms with E-state index in [-0.39, 0.29) is 53.7 Å². The number of amides is 2. The van der Waals surface area contributed by atoms with Gasteiger partial charge in [0.2, 0.25) is 5.91 Å². The van der Waals surface area contributed by atoms with Gasteiger partial charge in [0.1, 0.15) is 18.0 Å². The van der Waals surface area contributed by atoms with Crippen LogP contribution >= 0.6 is 11.6 Å². The van der Waals surface area contributed by atoms with Crippen LogP contribution in [0.1, 0.15) is 29.6 Å². The summed E-state index contributed by atoms with van der Waals surface area (Å²) in [5, 5.41) is 6.15. The van der Waals surface area contributed by atoms with Crippen LogP contribution in [0, 0.1) is 5.92 Å². The van der Waals surface area contributed by atoms with Crippen molar-refractivity contribution in [3.63, 3.8) is 0 Å². The van der Waals surface area contributed by atoms with Crippen molar-refractivity contribution in [1.29, 1.82) is 0 Å². The molecule has 2 aliphatic heterocycles. The predicted molar refractivity (Wildman–Crippen MR) is 157 cm³/mol. The number of hydrogen-bond acceptors (Lipinski definition) is 9. The smallest absolute Gasteiger partial charge is 0.309 e. The normalized spacial score (nSPS) is 19.7. The van der Waals surface area contributed by atoms with Gasteiger partial charge < -0.3 is 34.7 Å². The lowest BCUT2D eigenvalue weighted by atomic mass is 9.97. The number of hydrogen-bond donors (Lipinski definition) is 3. The van der Waals surface area contributed by atoms with E-state index in [1.54, 1.807) is 19.1 Å². The number of piperidine rings is 2. The first-order chi connectivity index (χ1) is 20.3. The number of pyridine rings is 1.